The number of rotatable bonds is 10. The minimum Gasteiger partial charge on any atom is -0.480 e. The molecule has 1 rings (SSSR count). The summed E-state index contributed by atoms with van der Waals surface area (Å²) in [7, 11) is 0. The van der Waals surface area contributed by atoms with Gasteiger partial charge in [0.25, 0.3) is 0 Å². The van der Waals surface area contributed by atoms with Gasteiger partial charge in [-0.05, 0) is 0 Å². The molecule has 0 aromatic carbocycles. The largest absolute Gasteiger partial charge is 0.480 e. The molecule has 0 saturated carbocycles. The van der Waals surface area contributed by atoms with E-state index in [0.29, 0.717) is 5.69 Å². The number of nitrogens with one attached hydrogen (secondary N) is 3. The summed E-state index contributed by atoms with van der Waals surface area (Å²) in [5.41, 5.74) is 11.1. The zero-order valence-corrected chi connectivity index (χ0v) is 14.0. The molecule has 3 atom stereocenters. The van der Waals surface area contributed by atoms with Crippen LogP contribution in [0.4, 0.5) is 0 Å². The van der Waals surface area contributed by atoms with Crippen LogP contribution in [-0.4, -0.2) is 62.6 Å². The quantitative estimate of drug-likeness (QED) is 0.215. The Morgan fingerprint density at radius 3 is 2.36 bits per heavy atom. The molecule has 0 unspecified atom stereocenters. The lowest BCUT2D eigenvalue weighted by Crippen LogP contribution is -2.56. The first kappa shape index (κ1) is 20.4. The van der Waals surface area contributed by atoms with Crippen LogP contribution in [0.3, 0.4) is 0 Å². The van der Waals surface area contributed by atoms with E-state index in [0.717, 1.165) is 0 Å². The first-order chi connectivity index (χ1) is 11.7. The van der Waals surface area contributed by atoms with E-state index in [9.17, 15) is 24.3 Å². The SMILES string of the molecule is NC(=O)C[C@H](NC(=O)[C@@H](N)CS)C(=O)N[C@@H](Cc1cnc[nH]1)C(=O)O. The molecule has 0 aliphatic heterocycles. The minimum atomic E-state index is -1.35. The number of carboxylic acid groups (broad SMARTS) is 1. The fourth-order valence-electron chi connectivity index (χ4n) is 1.86. The van der Waals surface area contributed by atoms with Crippen LogP contribution in [0, 0.1) is 0 Å². The summed E-state index contributed by atoms with van der Waals surface area (Å²) < 4.78 is 0. The summed E-state index contributed by atoms with van der Waals surface area (Å²) in [6.07, 6.45) is 2.21. The predicted molar refractivity (Wildman–Crippen MR) is 89.4 cm³/mol. The smallest absolute Gasteiger partial charge is 0.326 e. The fraction of sp³-hybridized carbons (Fsp3) is 0.462. The molecular weight excluding hydrogens is 352 g/mol. The van der Waals surface area contributed by atoms with Crippen molar-refractivity contribution in [2.24, 2.45) is 11.5 Å². The number of carboxylic acids is 1. The molecule has 1 aromatic heterocycles. The number of thiol groups is 1. The molecule has 0 spiro atoms. The van der Waals surface area contributed by atoms with Crippen molar-refractivity contribution < 1.29 is 24.3 Å². The van der Waals surface area contributed by atoms with Gasteiger partial charge in [-0.15, -0.1) is 0 Å². The van der Waals surface area contributed by atoms with E-state index in [1.54, 1.807) is 0 Å². The van der Waals surface area contributed by atoms with Crippen molar-refractivity contribution in [3.8, 4) is 0 Å². The molecule has 3 amide bonds. The molecule has 0 aliphatic rings. The van der Waals surface area contributed by atoms with Gasteiger partial charge in [0, 0.05) is 24.1 Å². The standard InChI is InChI=1S/C13H20N6O5S/c14-7(4-25)11(21)18-8(2-10(15)20)12(22)19-9(13(23)24)1-6-3-16-5-17-6/h3,5,7-9,25H,1-2,4,14H2,(H2,15,20)(H,16,17)(H,18,21)(H,19,22)(H,23,24)/t7-,8-,9-/m0/s1. The Morgan fingerprint density at radius 1 is 1.24 bits per heavy atom. The van der Waals surface area contributed by atoms with Crippen molar-refractivity contribution in [3.63, 3.8) is 0 Å². The van der Waals surface area contributed by atoms with Gasteiger partial charge in [0.15, 0.2) is 0 Å². The maximum absolute atomic E-state index is 12.3. The van der Waals surface area contributed by atoms with Crippen LogP contribution in [0.2, 0.25) is 0 Å². The second-order valence-corrected chi connectivity index (χ2v) is 5.57. The Bertz CT molecular complexity index is 622. The fourth-order valence-corrected chi connectivity index (χ4v) is 2.03. The van der Waals surface area contributed by atoms with Crippen LogP contribution in [0.25, 0.3) is 0 Å². The molecular formula is C13H20N6O5S. The first-order valence-electron chi connectivity index (χ1n) is 7.20. The topological polar surface area (TPSA) is 193 Å². The number of imidazole rings is 1. The van der Waals surface area contributed by atoms with E-state index < -0.39 is 48.2 Å². The Kier molecular flexibility index (Phi) is 7.88. The van der Waals surface area contributed by atoms with Gasteiger partial charge in [0.05, 0.1) is 18.8 Å². The number of carbonyl (C=O) groups is 4. The average molecular weight is 372 g/mol. The molecule has 1 heterocycles. The Balaban J connectivity index is 2.81. The highest BCUT2D eigenvalue weighted by Crippen LogP contribution is 2.01. The zero-order chi connectivity index (χ0) is 19.0. The number of hydrogen-bond acceptors (Lipinski definition) is 7. The number of primary amides is 1. The normalized spacial score (nSPS) is 14.2. The van der Waals surface area contributed by atoms with Crippen LogP contribution < -0.4 is 22.1 Å². The van der Waals surface area contributed by atoms with Crippen molar-refractivity contribution >= 4 is 36.3 Å². The lowest BCUT2D eigenvalue weighted by Gasteiger charge is -2.21. The number of amides is 3. The molecule has 138 valence electrons. The summed E-state index contributed by atoms with van der Waals surface area (Å²) in [5, 5.41) is 13.8. The van der Waals surface area contributed by atoms with E-state index in [-0.39, 0.29) is 12.2 Å². The Hall–Kier alpha value is -2.60. The van der Waals surface area contributed by atoms with Crippen LogP contribution >= 0.6 is 12.6 Å². The number of nitrogens with two attached hydrogens (primary N) is 2. The highest BCUT2D eigenvalue weighted by atomic mass is 32.1. The van der Waals surface area contributed by atoms with Crippen LogP contribution in [0.1, 0.15) is 12.1 Å². The van der Waals surface area contributed by atoms with E-state index in [2.05, 4.69) is 33.2 Å². The van der Waals surface area contributed by atoms with Crippen molar-refractivity contribution in [2.45, 2.75) is 31.0 Å². The molecule has 25 heavy (non-hydrogen) atoms. The molecule has 0 radical (unpaired) electrons. The van der Waals surface area contributed by atoms with Gasteiger partial charge in [-0.25, -0.2) is 9.78 Å². The molecule has 0 aliphatic carbocycles. The third-order valence-corrected chi connectivity index (χ3v) is 3.56. The van der Waals surface area contributed by atoms with E-state index in [4.69, 9.17) is 11.5 Å². The summed E-state index contributed by atoms with van der Waals surface area (Å²) in [6, 6.07) is -3.63. The number of aliphatic carboxylic acids is 1. The molecule has 0 fully saturated rings. The van der Waals surface area contributed by atoms with E-state index in [1.165, 1.54) is 12.5 Å². The summed E-state index contributed by atoms with van der Waals surface area (Å²) in [4.78, 5) is 53.0. The minimum absolute atomic E-state index is 0.0221. The number of nitrogens with zero attached hydrogens (tertiary/aromatic N) is 1. The third-order valence-electron chi connectivity index (χ3n) is 3.17. The maximum atomic E-state index is 12.3. The number of H-pyrrole nitrogens is 1. The van der Waals surface area contributed by atoms with Crippen molar-refractivity contribution in [3.05, 3.63) is 18.2 Å². The van der Waals surface area contributed by atoms with E-state index >= 15 is 0 Å². The molecule has 11 nitrogen and oxygen atoms in total. The number of aromatic amines is 1. The molecule has 1 aromatic rings. The number of aromatic nitrogens is 2. The Labute approximate surface area is 148 Å². The lowest BCUT2D eigenvalue weighted by molar-refractivity contribution is -0.142. The van der Waals surface area contributed by atoms with Crippen molar-refractivity contribution in [1.29, 1.82) is 0 Å². The van der Waals surface area contributed by atoms with Gasteiger partial charge in [0.1, 0.15) is 12.1 Å². The predicted octanol–water partition coefficient (Wildman–Crippen LogP) is -2.86. The molecule has 0 bridgehead atoms. The lowest BCUT2D eigenvalue weighted by atomic mass is 10.1. The number of carbonyl (C=O) groups excluding carboxylic acids is 3. The maximum Gasteiger partial charge on any atom is 0.326 e. The summed E-state index contributed by atoms with van der Waals surface area (Å²) in [5.74, 6) is -3.70. The second-order valence-electron chi connectivity index (χ2n) is 5.20. The van der Waals surface area contributed by atoms with Crippen molar-refractivity contribution in [1.82, 2.24) is 20.6 Å². The molecule has 12 heteroatoms. The highest BCUT2D eigenvalue weighted by Gasteiger charge is 2.29. The zero-order valence-electron chi connectivity index (χ0n) is 13.1. The van der Waals surface area contributed by atoms with Gasteiger partial charge < -0.3 is 32.2 Å². The Morgan fingerprint density at radius 2 is 1.88 bits per heavy atom. The van der Waals surface area contributed by atoms with Gasteiger partial charge in [-0.2, -0.15) is 12.6 Å². The van der Waals surface area contributed by atoms with Gasteiger partial charge in [-0.3, -0.25) is 14.4 Å². The van der Waals surface area contributed by atoms with Gasteiger partial charge in [-0.1, -0.05) is 0 Å². The third kappa shape index (κ3) is 6.81. The van der Waals surface area contributed by atoms with Crippen molar-refractivity contribution in [2.75, 3.05) is 5.75 Å². The molecule has 0 saturated heterocycles. The first-order valence-corrected chi connectivity index (χ1v) is 7.83. The van der Waals surface area contributed by atoms with Gasteiger partial charge >= 0.3 is 5.97 Å². The van der Waals surface area contributed by atoms with Crippen LogP contribution in [-0.2, 0) is 25.6 Å². The van der Waals surface area contributed by atoms with Gasteiger partial charge in [0.2, 0.25) is 17.7 Å². The highest BCUT2D eigenvalue weighted by molar-refractivity contribution is 7.80. The average Bonchev–Trinajstić information content (AvgIpc) is 3.05. The number of hydrogen-bond donors (Lipinski definition) is 7. The van der Waals surface area contributed by atoms with Crippen LogP contribution in [0.15, 0.2) is 12.5 Å². The molecule has 8 N–H and O–H groups in total. The second kappa shape index (κ2) is 9.64. The monoisotopic (exact) mass is 372 g/mol. The summed E-state index contributed by atoms with van der Waals surface area (Å²) >= 11 is 3.87. The van der Waals surface area contributed by atoms with Crippen LogP contribution in [0.5, 0.6) is 0 Å². The van der Waals surface area contributed by atoms with E-state index in [1.807, 2.05) is 0 Å². The summed E-state index contributed by atoms with van der Waals surface area (Å²) in [6.45, 7) is 0.